The van der Waals surface area contributed by atoms with Gasteiger partial charge >= 0.3 is 0 Å². The van der Waals surface area contributed by atoms with Crippen LogP contribution in [-0.2, 0) is 17.6 Å². The van der Waals surface area contributed by atoms with Crippen molar-refractivity contribution < 1.29 is 9.90 Å². The van der Waals surface area contributed by atoms with Crippen LogP contribution >= 0.6 is 0 Å². The highest BCUT2D eigenvalue weighted by Gasteiger charge is 2.03. The van der Waals surface area contributed by atoms with Crippen LogP contribution < -0.4 is 5.32 Å². The minimum atomic E-state index is 0.00150. The molecule has 3 nitrogen and oxygen atoms in total. The van der Waals surface area contributed by atoms with E-state index in [1.807, 2.05) is 42.5 Å². The lowest BCUT2D eigenvalue weighted by Gasteiger charge is -2.06. The van der Waals surface area contributed by atoms with Gasteiger partial charge in [-0.05, 0) is 23.6 Å². The van der Waals surface area contributed by atoms with Crippen LogP contribution in [0.4, 0.5) is 0 Å². The van der Waals surface area contributed by atoms with Gasteiger partial charge in [0, 0.05) is 6.54 Å². The number of carbonyl (C=O) groups excluding carboxylic acids is 1. The first-order valence-electron chi connectivity index (χ1n) is 6.33. The van der Waals surface area contributed by atoms with E-state index in [4.69, 9.17) is 0 Å². The summed E-state index contributed by atoms with van der Waals surface area (Å²) in [4.78, 5) is 11.7. The average Bonchev–Trinajstić information content (AvgIpc) is 2.42. The van der Waals surface area contributed by atoms with Crippen molar-refractivity contribution >= 4 is 5.91 Å². The zero-order valence-electron chi connectivity index (χ0n) is 10.7. The molecular weight excluding hydrogens is 238 g/mol. The van der Waals surface area contributed by atoms with Gasteiger partial charge in [0.2, 0.25) is 5.91 Å². The summed E-state index contributed by atoms with van der Waals surface area (Å²) in [5.74, 6) is 0.279. The Bertz CT molecular complexity index is 537. The van der Waals surface area contributed by atoms with Gasteiger partial charge in [0.25, 0.3) is 0 Å². The monoisotopic (exact) mass is 255 g/mol. The van der Waals surface area contributed by atoms with Crippen LogP contribution in [0.15, 0.2) is 54.6 Å². The van der Waals surface area contributed by atoms with Crippen molar-refractivity contribution in [2.45, 2.75) is 12.8 Å². The number of amides is 1. The molecule has 0 saturated heterocycles. The van der Waals surface area contributed by atoms with Gasteiger partial charge in [-0.1, -0.05) is 48.5 Å². The van der Waals surface area contributed by atoms with Crippen LogP contribution in [0.3, 0.4) is 0 Å². The number of aromatic hydroxyl groups is 1. The molecule has 2 aromatic rings. The van der Waals surface area contributed by atoms with Crippen LogP contribution in [-0.4, -0.2) is 17.6 Å². The Balaban J connectivity index is 1.77. The lowest BCUT2D eigenvalue weighted by Crippen LogP contribution is -2.27. The molecule has 98 valence electrons. The first-order valence-corrected chi connectivity index (χ1v) is 6.33. The summed E-state index contributed by atoms with van der Waals surface area (Å²) in [6, 6.07) is 16.8. The summed E-state index contributed by atoms with van der Waals surface area (Å²) in [6.45, 7) is 0.531. The topological polar surface area (TPSA) is 49.3 Å². The molecule has 0 aromatic heterocycles. The largest absolute Gasteiger partial charge is 0.508 e. The minimum absolute atomic E-state index is 0.00150. The third-order valence-electron chi connectivity index (χ3n) is 2.92. The molecule has 19 heavy (non-hydrogen) atoms. The molecule has 3 heteroatoms. The molecule has 0 atom stereocenters. The zero-order chi connectivity index (χ0) is 13.5. The second kappa shape index (κ2) is 6.59. The predicted molar refractivity (Wildman–Crippen MR) is 75.0 cm³/mol. The van der Waals surface area contributed by atoms with Crippen molar-refractivity contribution in [3.63, 3.8) is 0 Å². The molecule has 0 aliphatic rings. The number of phenolic OH excluding ortho intramolecular Hbond substituents is 1. The summed E-state index contributed by atoms with van der Waals surface area (Å²) in [5, 5.41) is 12.5. The Kier molecular flexibility index (Phi) is 4.56. The molecule has 0 unspecified atom stereocenters. The average molecular weight is 255 g/mol. The maximum atomic E-state index is 11.7. The number of hydrogen-bond acceptors (Lipinski definition) is 2. The van der Waals surface area contributed by atoms with Crippen LogP contribution in [0.2, 0.25) is 0 Å². The van der Waals surface area contributed by atoms with Crippen LogP contribution in [0.5, 0.6) is 5.75 Å². The molecule has 0 radical (unpaired) electrons. The third kappa shape index (κ3) is 4.14. The van der Waals surface area contributed by atoms with E-state index < -0.39 is 0 Å². The van der Waals surface area contributed by atoms with Gasteiger partial charge in [-0.25, -0.2) is 0 Å². The molecular formula is C16H17NO2. The van der Waals surface area contributed by atoms with Gasteiger partial charge in [0.1, 0.15) is 5.75 Å². The van der Waals surface area contributed by atoms with Crippen molar-refractivity contribution in [2.75, 3.05) is 6.54 Å². The van der Waals surface area contributed by atoms with Crippen LogP contribution in [0, 0.1) is 0 Å². The van der Waals surface area contributed by atoms with E-state index in [0.717, 1.165) is 11.1 Å². The second-order valence-electron chi connectivity index (χ2n) is 4.39. The fourth-order valence-corrected chi connectivity index (χ4v) is 1.90. The third-order valence-corrected chi connectivity index (χ3v) is 2.92. The Morgan fingerprint density at radius 2 is 1.68 bits per heavy atom. The van der Waals surface area contributed by atoms with Gasteiger partial charge in [0.05, 0.1) is 6.42 Å². The summed E-state index contributed by atoms with van der Waals surface area (Å²) in [5.41, 5.74) is 1.85. The number of hydrogen-bond donors (Lipinski definition) is 2. The Morgan fingerprint density at radius 3 is 2.42 bits per heavy atom. The molecule has 2 aromatic carbocycles. The van der Waals surface area contributed by atoms with Gasteiger partial charge < -0.3 is 10.4 Å². The van der Waals surface area contributed by atoms with Crippen molar-refractivity contribution in [1.82, 2.24) is 5.32 Å². The van der Waals surface area contributed by atoms with Gasteiger partial charge in [0.15, 0.2) is 0 Å². The molecule has 0 heterocycles. The van der Waals surface area contributed by atoms with E-state index in [0.29, 0.717) is 19.4 Å². The maximum absolute atomic E-state index is 11.7. The number of phenols is 1. The van der Waals surface area contributed by atoms with Crippen LogP contribution in [0.25, 0.3) is 0 Å². The minimum Gasteiger partial charge on any atom is -0.508 e. The van der Waals surface area contributed by atoms with E-state index >= 15 is 0 Å². The first kappa shape index (κ1) is 13.1. The van der Waals surface area contributed by atoms with Crippen molar-refractivity contribution in [1.29, 1.82) is 0 Å². The smallest absolute Gasteiger partial charge is 0.224 e. The highest BCUT2D eigenvalue weighted by atomic mass is 16.3. The molecule has 0 saturated carbocycles. The van der Waals surface area contributed by atoms with E-state index in [-0.39, 0.29) is 11.7 Å². The van der Waals surface area contributed by atoms with Crippen molar-refractivity contribution in [2.24, 2.45) is 0 Å². The SMILES string of the molecule is O=C(Cc1ccccc1)NCCc1ccccc1O. The Labute approximate surface area is 112 Å². The normalized spacial score (nSPS) is 10.1. The van der Waals surface area contributed by atoms with Crippen molar-refractivity contribution in [3.8, 4) is 5.75 Å². The lowest BCUT2D eigenvalue weighted by atomic mass is 10.1. The van der Waals surface area contributed by atoms with Crippen LogP contribution in [0.1, 0.15) is 11.1 Å². The number of benzene rings is 2. The molecule has 0 aliphatic heterocycles. The van der Waals surface area contributed by atoms with Gasteiger partial charge in [-0.3, -0.25) is 4.79 Å². The molecule has 2 rings (SSSR count). The second-order valence-corrected chi connectivity index (χ2v) is 4.39. The van der Waals surface area contributed by atoms with E-state index in [1.165, 1.54) is 0 Å². The highest BCUT2D eigenvalue weighted by molar-refractivity contribution is 5.78. The summed E-state index contributed by atoms with van der Waals surface area (Å²) in [6.07, 6.45) is 1.02. The number of carbonyl (C=O) groups is 1. The fourth-order valence-electron chi connectivity index (χ4n) is 1.90. The van der Waals surface area contributed by atoms with E-state index in [9.17, 15) is 9.90 Å². The Morgan fingerprint density at radius 1 is 1.00 bits per heavy atom. The summed E-state index contributed by atoms with van der Waals surface area (Å²) >= 11 is 0. The zero-order valence-corrected chi connectivity index (χ0v) is 10.7. The van der Waals surface area contributed by atoms with E-state index in [2.05, 4.69) is 5.32 Å². The standard InChI is InChI=1S/C16H17NO2/c18-15-9-5-4-8-14(15)10-11-17-16(19)12-13-6-2-1-3-7-13/h1-9,18H,10-12H2,(H,17,19). The molecule has 0 aliphatic carbocycles. The molecule has 0 fully saturated rings. The van der Waals surface area contributed by atoms with E-state index in [1.54, 1.807) is 12.1 Å². The first-order chi connectivity index (χ1) is 9.25. The molecule has 2 N–H and O–H groups in total. The molecule has 0 spiro atoms. The number of nitrogens with one attached hydrogen (secondary N) is 1. The quantitative estimate of drug-likeness (QED) is 0.861. The number of rotatable bonds is 5. The van der Waals surface area contributed by atoms with Gasteiger partial charge in [-0.15, -0.1) is 0 Å². The molecule has 0 bridgehead atoms. The lowest BCUT2D eigenvalue weighted by molar-refractivity contribution is -0.120. The fraction of sp³-hybridized carbons (Fsp3) is 0.188. The summed E-state index contributed by atoms with van der Waals surface area (Å²) < 4.78 is 0. The summed E-state index contributed by atoms with van der Waals surface area (Å²) in [7, 11) is 0. The van der Waals surface area contributed by atoms with Gasteiger partial charge in [-0.2, -0.15) is 0 Å². The predicted octanol–water partition coefficient (Wildman–Crippen LogP) is 2.29. The maximum Gasteiger partial charge on any atom is 0.224 e. The molecule has 1 amide bonds. The number of para-hydroxylation sites is 1. The Hall–Kier alpha value is -2.29. The van der Waals surface area contributed by atoms with Crippen molar-refractivity contribution in [3.05, 3.63) is 65.7 Å². The highest BCUT2D eigenvalue weighted by Crippen LogP contribution is 2.15.